The number of nitrogens with zero attached hydrogens (tertiary/aromatic N) is 5. The van der Waals surface area contributed by atoms with E-state index in [1.165, 1.54) is 5.56 Å². The van der Waals surface area contributed by atoms with Crippen molar-refractivity contribution in [1.29, 1.82) is 0 Å². The van der Waals surface area contributed by atoms with Gasteiger partial charge in [0, 0.05) is 55.4 Å². The summed E-state index contributed by atoms with van der Waals surface area (Å²) in [5, 5.41) is 0. The number of fused-ring (bicyclic) bond motifs is 1. The minimum atomic E-state index is 0.539. The van der Waals surface area contributed by atoms with E-state index in [-0.39, 0.29) is 0 Å². The van der Waals surface area contributed by atoms with Gasteiger partial charge in [0.15, 0.2) is 0 Å². The summed E-state index contributed by atoms with van der Waals surface area (Å²) >= 11 is 0. The van der Waals surface area contributed by atoms with Crippen LogP contribution in [0.5, 0.6) is 0 Å². The number of benzene rings is 1. The summed E-state index contributed by atoms with van der Waals surface area (Å²) in [5.41, 5.74) is 11.3. The Balaban J connectivity index is 1.62. The molecule has 29 heavy (non-hydrogen) atoms. The van der Waals surface area contributed by atoms with Crippen LogP contribution in [-0.2, 0) is 17.7 Å². The van der Waals surface area contributed by atoms with Crippen molar-refractivity contribution in [2.75, 3.05) is 42.6 Å². The smallest absolute Gasteiger partial charge is 0.228 e. The summed E-state index contributed by atoms with van der Waals surface area (Å²) in [6.07, 6.45) is 4.56. The van der Waals surface area contributed by atoms with Crippen LogP contribution in [-0.4, -0.2) is 47.8 Å². The molecular formula is C22H24N6O. The molecule has 3 aromatic rings. The molecule has 0 radical (unpaired) electrons. The molecule has 0 spiro atoms. The van der Waals surface area contributed by atoms with E-state index in [9.17, 15) is 0 Å². The largest absolute Gasteiger partial charge is 0.378 e. The number of rotatable bonds is 4. The van der Waals surface area contributed by atoms with E-state index < -0.39 is 0 Å². The van der Waals surface area contributed by atoms with E-state index in [0.717, 1.165) is 60.3 Å². The molecule has 0 atom stereocenters. The van der Waals surface area contributed by atoms with Crippen molar-refractivity contribution in [3.63, 3.8) is 0 Å². The standard InChI is InChI=1S/C22H24N6O/c23-15-16-1-3-17(4-2-16)20-19-7-10-28(18-5-8-24-9-6-18)21(19)26-22(25-20)27-11-13-29-14-12-27/h1-6,8-9H,7,10-15,23H2. The molecule has 1 fully saturated rings. The van der Waals surface area contributed by atoms with Crippen LogP contribution in [0.1, 0.15) is 11.1 Å². The minimum absolute atomic E-state index is 0.539. The Hall–Kier alpha value is -3.03. The van der Waals surface area contributed by atoms with Gasteiger partial charge in [0.1, 0.15) is 5.82 Å². The Kier molecular flexibility index (Phi) is 4.83. The summed E-state index contributed by atoms with van der Waals surface area (Å²) < 4.78 is 5.52. The molecule has 148 valence electrons. The van der Waals surface area contributed by atoms with Gasteiger partial charge >= 0.3 is 0 Å². The van der Waals surface area contributed by atoms with Crippen molar-refractivity contribution in [3.8, 4) is 11.3 Å². The molecule has 0 amide bonds. The zero-order valence-electron chi connectivity index (χ0n) is 16.3. The lowest BCUT2D eigenvalue weighted by atomic mass is 10.0. The molecule has 2 N–H and O–H groups in total. The third-order valence-corrected chi connectivity index (χ3v) is 5.55. The second-order valence-electron chi connectivity index (χ2n) is 7.28. The fraction of sp³-hybridized carbons (Fsp3) is 0.318. The molecule has 0 saturated carbocycles. The molecule has 1 saturated heterocycles. The van der Waals surface area contributed by atoms with E-state index >= 15 is 0 Å². The monoisotopic (exact) mass is 388 g/mol. The number of anilines is 3. The number of hydrogen-bond donors (Lipinski definition) is 1. The van der Waals surface area contributed by atoms with Gasteiger partial charge in [0.2, 0.25) is 5.95 Å². The van der Waals surface area contributed by atoms with Gasteiger partial charge in [0.25, 0.3) is 0 Å². The van der Waals surface area contributed by atoms with E-state index in [0.29, 0.717) is 19.8 Å². The lowest BCUT2D eigenvalue weighted by Gasteiger charge is -2.28. The topological polar surface area (TPSA) is 80.4 Å². The van der Waals surface area contributed by atoms with Gasteiger partial charge in [-0.1, -0.05) is 24.3 Å². The molecule has 7 heteroatoms. The van der Waals surface area contributed by atoms with E-state index in [4.69, 9.17) is 20.4 Å². The van der Waals surface area contributed by atoms with Gasteiger partial charge in [-0.05, 0) is 24.1 Å². The Bertz CT molecular complexity index is 986. The van der Waals surface area contributed by atoms with Gasteiger partial charge in [0.05, 0.1) is 18.9 Å². The molecule has 2 aliphatic rings. The highest BCUT2D eigenvalue weighted by molar-refractivity contribution is 5.77. The predicted molar refractivity (Wildman–Crippen MR) is 113 cm³/mol. The lowest BCUT2D eigenvalue weighted by Crippen LogP contribution is -2.37. The van der Waals surface area contributed by atoms with Gasteiger partial charge in [-0.3, -0.25) is 4.98 Å². The zero-order chi connectivity index (χ0) is 19.6. The molecule has 7 nitrogen and oxygen atoms in total. The lowest BCUT2D eigenvalue weighted by molar-refractivity contribution is 0.122. The van der Waals surface area contributed by atoms with Crippen molar-refractivity contribution >= 4 is 17.5 Å². The van der Waals surface area contributed by atoms with Crippen LogP contribution in [0.2, 0.25) is 0 Å². The molecule has 0 aliphatic carbocycles. The number of aromatic nitrogens is 3. The van der Waals surface area contributed by atoms with Crippen LogP contribution in [0.15, 0.2) is 48.8 Å². The van der Waals surface area contributed by atoms with Crippen LogP contribution >= 0.6 is 0 Å². The molecule has 0 unspecified atom stereocenters. The second kappa shape index (κ2) is 7.77. The van der Waals surface area contributed by atoms with Crippen molar-refractivity contribution in [2.45, 2.75) is 13.0 Å². The molecule has 2 aromatic heterocycles. The first kappa shape index (κ1) is 18.0. The summed E-state index contributed by atoms with van der Waals surface area (Å²) in [5.74, 6) is 1.76. The molecule has 1 aromatic carbocycles. The SMILES string of the molecule is NCc1ccc(-c2nc(N3CCOCC3)nc3c2CCN3c2ccncc2)cc1. The van der Waals surface area contributed by atoms with E-state index in [1.807, 2.05) is 24.5 Å². The average molecular weight is 388 g/mol. The molecule has 4 heterocycles. The summed E-state index contributed by atoms with van der Waals surface area (Å²) in [6.45, 7) is 4.44. The third-order valence-electron chi connectivity index (χ3n) is 5.55. The zero-order valence-corrected chi connectivity index (χ0v) is 16.3. The minimum Gasteiger partial charge on any atom is -0.378 e. The molecular weight excluding hydrogens is 364 g/mol. The highest BCUT2D eigenvalue weighted by Gasteiger charge is 2.29. The number of hydrogen-bond acceptors (Lipinski definition) is 7. The fourth-order valence-corrected chi connectivity index (χ4v) is 3.96. The number of pyridine rings is 1. The summed E-state index contributed by atoms with van der Waals surface area (Å²) in [7, 11) is 0. The summed E-state index contributed by atoms with van der Waals surface area (Å²) in [4.78, 5) is 18.6. The first-order valence-electron chi connectivity index (χ1n) is 10.0. The maximum Gasteiger partial charge on any atom is 0.228 e. The maximum absolute atomic E-state index is 5.78. The second-order valence-corrected chi connectivity index (χ2v) is 7.28. The summed E-state index contributed by atoms with van der Waals surface area (Å²) in [6, 6.07) is 12.4. The molecule has 0 bridgehead atoms. The van der Waals surface area contributed by atoms with Crippen LogP contribution in [0.4, 0.5) is 17.5 Å². The highest BCUT2D eigenvalue weighted by Crippen LogP contribution is 2.39. The van der Waals surface area contributed by atoms with E-state index in [1.54, 1.807) is 0 Å². The maximum atomic E-state index is 5.78. The first-order chi connectivity index (χ1) is 14.3. The van der Waals surface area contributed by atoms with Gasteiger partial charge in [-0.25, -0.2) is 4.98 Å². The van der Waals surface area contributed by atoms with Gasteiger partial charge < -0.3 is 20.3 Å². The fourth-order valence-electron chi connectivity index (χ4n) is 3.96. The third kappa shape index (κ3) is 3.43. The molecule has 5 rings (SSSR count). The van der Waals surface area contributed by atoms with Crippen LogP contribution in [0.25, 0.3) is 11.3 Å². The van der Waals surface area contributed by atoms with Crippen LogP contribution < -0.4 is 15.5 Å². The Morgan fingerprint density at radius 2 is 1.69 bits per heavy atom. The van der Waals surface area contributed by atoms with Crippen molar-refractivity contribution < 1.29 is 4.74 Å². The number of nitrogens with two attached hydrogens (primary N) is 1. The highest BCUT2D eigenvalue weighted by atomic mass is 16.5. The normalized spacial score (nSPS) is 16.2. The van der Waals surface area contributed by atoms with Crippen molar-refractivity contribution in [3.05, 3.63) is 59.9 Å². The Morgan fingerprint density at radius 1 is 0.931 bits per heavy atom. The Labute approximate surface area is 170 Å². The Morgan fingerprint density at radius 3 is 2.41 bits per heavy atom. The van der Waals surface area contributed by atoms with Gasteiger partial charge in [-0.2, -0.15) is 4.98 Å². The average Bonchev–Trinajstić information content (AvgIpc) is 3.24. The van der Waals surface area contributed by atoms with Crippen LogP contribution in [0, 0.1) is 0 Å². The van der Waals surface area contributed by atoms with Crippen molar-refractivity contribution in [1.82, 2.24) is 15.0 Å². The van der Waals surface area contributed by atoms with Crippen LogP contribution in [0.3, 0.4) is 0 Å². The molecule has 2 aliphatic heterocycles. The van der Waals surface area contributed by atoms with Crippen molar-refractivity contribution in [2.24, 2.45) is 5.73 Å². The number of ether oxygens (including phenoxy) is 1. The predicted octanol–water partition coefficient (Wildman–Crippen LogP) is 2.53. The van der Waals surface area contributed by atoms with E-state index in [2.05, 4.69) is 39.0 Å². The first-order valence-corrected chi connectivity index (χ1v) is 10.0. The van der Waals surface area contributed by atoms with Gasteiger partial charge in [-0.15, -0.1) is 0 Å². The number of morpholine rings is 1. The quantitative estimate of drug-likeness (QED) is 0.736.